The van der Waals surface area contributed by atoms with E-state index in [0.29, 0.717) is 12.1 Å². The second-order valence-corrected chi connectivity index (χ2v) is 3.60. The molecule has 0 radical (unpaired) electrons. The van der Waals surface area contributed by atoms with Gasteiger partial charge in [-0.25, -0.2) is 4.98 Å². The molecule has 4 heteroatoms. The maximum atomic E-state index is 10.6. The maximum Gasteiger partial charge on any atom is 0.171 e. The lowest BCUT2D eigenvalue weighted by molar-refractivity contribution is 0.111. The molecule has 0 aliphatic rings. The molecule has 0 bridgehead atoms. The van der Waals surface area contributed by atoms with E-state index < -0.39 is 0 Å². The molecule has 0 amide bonds. The Labute approximate surface area is 92.1 Å². The Morgan fingerprint density at radius 2 is 2.13 bits per heavy atom. The lowest BCUT2D eigenvalue weighted by Gasteiger charge is -2.00. The summed E-state index contributed by atoms with van der Waals surface area (Å²) in [4.78, 5) is 17.6. The van der Waals surface area contributed by atoms with Crippen molar-refractivity contribution in [2.24, 2.45) is 0 Å². The Morgan fingerprint density at radius 1 is 1.40 bits per heavy atom. The van der Waals surface area contributed by atoms with E-state index in [9.17, 15) is 4.79 Å². The minimum atomic E-state index is 0.245. The third-order valence-electron chi connectivity index (χ3n) is 2.20. The van der Waals surface area contributed by atoms with Crippen molar-refractivity contribution in [3.05, 3.63) is 40.7 Å². The predicted molar refractivity (Wildman–Crippen MR) is 59.2 cm³/mol. The summed E-state index contributed by atoms with van der Waals surface area (Å²) in [5, 5.41) is 0.281. The minimum Gasteiger partial charge on any atom is -0.328 e. The molecule has 3 nitrogen and oxygen atoms in total. The number of carbonyl (C=O) groups is 1. The Balaban J connectivity index is 2.55. The highest BCUT2D eigenvalue weighted by Crippen LogP contribution is 2.23. The lowest BCUT2D eigenvalue weighted by atomic mass is 10.1. The first-order chi connectivity index (χ1) is 7.22. The number of imidazole rings is 1. The Bertz CT molecular complexity index is 505. The molecule has 0 saturated heterocycles. The van der Waals surface area contributed by atoms with Gasteiger partial charge in [-0.05, 0) is 12.5 Å². The van der Waals surface area contributed by atoms with E-state index in [1.807, 2.05) is 31.2 Å². The van der Waals surface area contributed by atoms with Crippen LogP contribution in [0, 0.1) is 6.92 Å². The molecule has 0 fully saturated rings. The van der Waals surface area contributed by atoms with Gasteiger partial charge in [-0.1, -0.05) is 35.9 Å². The molecular weight excluding hydrogens is 212 g/mol. The molecule has 1 N–H and O–H groups in total. The summed E-state index contributed by atoms with van der Waals surface area (Å²) in [6, 6.07) is 7.77. The molecule has 1 heterocycles. The molecule has 0 aliphatic carbocycles. The normalized spacial score (nSPS) is 10.3. The van der Waals surface area contributed by atoms with Crippen molar-refractivity contribution in [1.29, 1.82) is 0 Å². The first-order valence-corrected chi connectivity index (χ1v) is 4.87. The predicted octanol–water partition coefficient (Wildman–Crippen LogP) is 2.85. The van der Waals surface area contributed by atoms with E-state index >= 15 is 0 Å². The zero-order valence-electron chi connectivity index (χ0n) is 8.12. The van der Waals surface area contributed by atoms with E-state index in [-0.39, 0.29) is 10.8 Å². The number of aryl methyl sites for hydroxylation is 1. The van der Waals surface area contributed by atoms with Gasteiger partial charge < -0.3 is 4.98 Å². The van der Waals surface area contributed by atoms with Crippen molar-refractivity contribution < 1.29 is 4.79 Å². The van der Waals surface area contributed by atoms with Crippen LogP contribution in [0.4, 0.5) is 0 Å². The van der Waals surface area contributed by atoms with Gasteiger partial charge >= 0.3 is 0 Å². The highest BCUT2D eigenvalue weighted by atomic mass is 35.5. The van der Waals surface area contributed by atoms with Crippen LogP contribution in [-0.4, -0.2) is 16.3 Å². The molecule has 1 aromatic carbocycles. The smallest absolute Gasteiger partial charge is 0.171 e. The van der Waals surface area contributed by atoms with Crippen LogP contribution in [-0.2, 0) is 0 Å². The Morgan fingerprint density at radius 3 is 2.73 bits per heavy atom. The van der Waals surface area contributed by atoms with Gasteiger partial charge in [0, 0.05) is 5.56 Å². The molecule has 0 saturated carbocycles. The van der Waals surface area contributed by atoms with Crippen molar-refractivity contribution in [2.45, 2.75) is 6.92 Å². The SMILES string of the molecule is Cc1ccccc1-c1nc(C=O)c(Cl)[nH]1. The molecule has 0 spiro atoms. The zero-order valence-corrected chi connectivity index (χ0v) is 8.88. The van der Waals surface area contributed by atoms with Crippen LogP contribution in [0.15, 0.2) is 24.3 Å². The highest BCUT2D eigenvalue weighted by Gasteiger charge is 2.10. The van der Waals surface area contributed by atoms with Crippen LogP contribution in [0.25, 0.3) is 11.4 Å². The second kappa shape index (κ2) is 3.87. The van der Waals surface area contributed by atoms with Gasteiger partial charge in [0.2, 0.25) is 0 Å². The molecule has 0 unspecified atom stereocenters. The van der Waals surface area contributed by atoms with Gasteiger partial charge in [0.25, 0.3) is 0 Å². The van der Waals surface area contributed by atoms with Crippen molar-refractivity contribution >= 4 is 17.9 Å². The summed E-state index contributed by atoms with van der Waals surface area (Å²) in [6.07, 6.45) is 0.639. The molecule has 76 valence electrons. The molecule has 0 aliphatic heterocycles. The topological polar surface area (TPSA) is 45.8 Å². The van der Waals surface area contributed by atoms with Crippen LogP contribution >= 0.6 is 11.6 Å². The van der Waals surface area contributed by atoms with Crippen molar-refractivity contribution in [1.82, 2.24) is 9.97 Å². The van der Waals surface area contributed by atoms with Gasteiger partial charge in [0.15, 0.2) is 6.29 Å². The number of hydrogen-bond acceptors (Lipinski definition) is 2. The summed E-state index contributed by atoms with van der Waals surface area (Å²) < 4.78 is 0. The molecular formula is C11H9ClN2O. The number of nitrogens with zero attached hydrogens (tertiary/aromatic N) is 1. The van der Waals surface area contributed by atoms with Gasteiger partial charge in [0.1, 0.15) is 16.7 Å². The van der Waals surface area contributed by atoms with Crippen LogP contribution in [0.1, 0.15) is 16.1 Å². The molecule has 2 rings (SSSR count). The fraction of sp³-hybridized carbons (Fsp3) is 0.0909. The standard InChI is InChI=1S/C11H9ClN2O/c1-7-4-2-3-5-8(7)11-13-9(6-15)10(12)14-11/h2-6H,1H3,(H,13,14). The fourth-order valence-electron chi connectivity index (χ4n) is 1.41. The third-order valence-corrected chi connectivity index (χ3v) is 2.49. The number of rotatable bonds is 2. The average molecular weight is 221 g/mol. The summed E-state index contributed by atoms with van der Waals surface area (Å²) in [6.45, 7) is 1.98. The van der Waals surface area contributed by atoms with Gasteiger partial charge in [-0.2, -0.15) is 0 Å². The van der Waals surface area contributed by atoms with Crippen LogP contribution in [0.2, 0.25) is 5.15 Å². The first kappa shape index (κ1) is 9.93. The van der Waals surface area contributed by atoms with Crippen molar-refractivity contribution in [2.75, 3.05) is 0 Å². The molecule has 1 aromatic heterocycles. The number of nitrogens with one attached hydrogen (secondary N) is 1. The van der Waals surface area contributed by atoms with Gasteiger partial charge in [0.05, 0.1) is 0 Å². The van der Waals surface area contributed by atoms with E-state index in [0.717, 1.165) is 11.1 Å². The summed E-state index contributed by atoms with van der Waals surface area (Å²) in [5.41, 5.74) is 2.28. The van der Waals surface area contributed by atoms with Crippen LogP contribution < -0.4 is 0 Å². The molecule has 15 heavy (non-hydrogen) atoms. The monoisotopic (exact) mass is 220 g/mol. The maximum absolute atomic E-state index is 10.6. The van der Waals surface area contributed by atoms with Gasteiger partial charge in [-0.15, -0.1) is 0 Å². The number of aromatic amines is 1. The Kier molecular flexibility index (Phi) is 2.56. The fourth-order valence-corrected chi connectivity index (χ4v) is 1.59. The zero-order chi connectivity index (χ0) is 10.8. The number of hydrogen-bond donors (Lipinski definition) is 1. The van der Waals surface area contributed by atoms with Gasteiger partial charge in [-0.3, -0.25) is 4.79 Å². The van der Waals surface area contributed by atoms with Crippen molar-refractivity contribution in [3.63, 3.8) is 0 Å². The summed E-state index contributed by atoms with van der Waals surface area (Å²) >= 11 is 5.80. The molecule has 0 atom stereocenters. The third kappa shape index (κ3) is 1.78. The average Bonchev–Trinajstić information content (AvgIpc) is 2.60. The first-order valence-electron chi connectivity index (χ1n) is 4.49. The van der Waals surface area contributed by atoms with E-state index in [2.05, 4.69) is 9.97 Å². The number of H-pyrrole nitrogens is 1. The highest BCUT2D eigenvalue weighted by molar-refractivity contribution is 6.31. The quantitative estimate of drug-likeness (QED) is 0.791. The lowest BCUT2D eigenvalue weighted by Crippen LogP contribution is -1.85. The number of aromatic nitrogens is 2. The minimum absolute atomic E-state index is 0.245. The van der Waals surface area contributed by atoms with Crippen LogP contribution in [0.3, 0.4) is 0 Å². The van der Waals surface area contributed by atoms with Crippen molar-refractivity contribution in [3.8, 4) is 11.4 Å². The number of halogens is 1. The second-order valence-electron chi connectivity index (χ2n) is 3.22. The molecule has 2 aromatic rings. The number of carbonyl (C=O) groups excluding carboxylic acids is 1. The summed E-state index contributed by atoms with van der Waals surface area (Å²) in [7, 11) is 0. The number of aldehydes is 1. The Hall–Kier alpha value is -1.61. The largest absolute Gasteiger partial charge is 0.328 e. The number of benzene rings is 1. The van der Waals surface area contributed by atoms with E-state index in [4.69, 9.17) is 11.6 Å². The summed E-state index contributed by atoms with van der Waals surface area (Å²) in [5.74, 6) is 0.625. The van der Waals surface area contributed by atoms with E-state index in [1.165, 1.54) is 0 Å². The van der Waals surface area contributed by atoms with E-state index in [1.54, 1.807) is 0 Å². The van der Waals surface area contributed by atoms with Crippen LogP contribution in [0.5, 0.6) is 0 Å².